The van der Waals surface area contributed by atoms with Crippen molar-refractivity contribution < 1.29 is 18.7 Å². The van der Waals surface area contributed by atoms with Gasteiger partial charge in [0.2, 0.25) is 5.91 Å². The molecule has 1 amide bonds. The van der Waals surface area contributed by atoms with Gasteiger partial charge in [0, 0.05) is 28.3 Å². The molecule has 26 heavy (non-hydrogen) atoms. The summed E-state index contributed by atoms with van der Waals surface area (Å²) in [6, 6.07) is 10.5. The summed E-state index contributed by atoms with van der Waals surface area (Å²) in [7, 11) is 0. The molecule has 1 aliphatic rings. The van der Waals surface area contributed by atoms with Crippen molar-refractivity contribution in [1.82, 2.24) is 4.90 Å². The normalized spacial score (nSPS) is 19.5. The summed E-state index contributed by atoms with van der Waals surface area (Å²) >= 11 is 8.94. The third-order valence-electron chi connectivity index (χ3n) is 3.83. The lowest BCUT2D eigenvalue weighted by Gasteiger charge is -2.25. The highest BCUT2D eigenvalue weighted by Crippen LogP contribution is 2.41. The molecular formula is C18H18ClNO4S2. The van der Waals surface area contributed by atoms with Crippen LogP contribution in [0.4, 0.5) is 0 Å². The number of thioether (sulfide) groups is 2. The molecule has 138 valence electrons. The average molecular weight is 412 g/mol. The Morgan fingerprint density at radius 2 is 2.12 bits per heavy atom. The first-order chi connectivity index (χ1) is 12.6. The fourth-order valence-electron chi connectivity index (χ4n) is 2.65. The largest absolute Gasteiger partial charge is 0.466 e. The molecule has 1 aromatic carbocycles. The number of furan rings is 1. The first kappa shape index (κ1) is 19.2. The number of hydrogen-bond acceptors (Lipinski definition) is 6. The topological polar surface area (TPSA) is 59.8 Å². The highest BCUT2D eigenvalue weighted by molar-refractivity contribution is 7.99. The van der Waals surface area contributed by atoms with Crippen LogP contribution in [0.5, 0.6) is 0 Å². The minimum absolute atomic E-state index is 0.172. The number of hydrogen-bond donors (Lipinski definition) is 0. The summed E-state index contributed by atoms with van der Waals surface area (Å²) in [6.07, 6.45) is 1.56. The van der Waals surface area contributed by atoms with E-state index in [0.717, 1.165) is 4.90 Å². The van der Waals surface area contributed by atoms with Crippen LogP contribution in [0, 0.1) is 0 Å². The molecule has 0 N–H and O–H groups in total. The summed E-state index contributed by atoms with van der Waals surface area (Å²) in [4.78, 5) is 27.1. The Labute approximate surface area is 165 Å². The molecule has 1 aromatic heterocycles. The smallest absolute Gasteiger partial charge is 0.329 e. The van der Waals surface area contributed by atoms with Crippen molar-refractivity contribution in [2.24, 2.45) is 0 Å². The van der Waals surface area contributed by atoms with E-state index in [1.165, 1.54) is 23.6 Å². The van der Waals surface area contributed by atoms with E-state index < -0.39 is 6.04 Å². The lowest BCUT2D eigenvalue weighted by molar-refractivity contribution is -0.153. The second kappa shape index (κ2) is 8.88. The van der Waals surface area contributed by atoms with Crippen LogP contribution >= 0.6 is 35.1 Å². The number of nitrogens with zero attached hydrogens (tertiary/aromatic N) is 1. The number of esters is 1. The Balaban J connectivity index is 1.52. The van der Waals surface area contributed by atoms with Gasteiger partial charge in [0.05, 0.1) is 6.26 Å². The highest BCUT2D eigenvalue weighted by atomic mass is 35.5. The second-order valence-corrected chi connectivity index (χ2v) is 8.33. The van der Waals surface area contributed by atoms with Crippen molar-refractivity contribution in [3.63, 3.8) is 0 Å². The molecule has 2 heterocycles. The van der Waals surface area contributed by atoms with E-state index in [1.807, 2.05) is 30.3 Å². The van der Waals surface area contributed by atoms with Gasteiger partial charge < -0.3 is 14.1 Å². The standard InChI is InChI=1S/C18H18ClNO4S2/c1-12(21)20-15(11-26-17(20)16-3-2-8-23-16)18(22)24-9-10-25-14-6-4-13(19)5-7-14/h2-8,15,17H,9-11H2,1H3/t15-,17-/m1/s1. The van der Waals surface area contributed by atoms with E-state index in [0.29, 0.717) is 22.3 Å². The molecule has 1 aliphatic heterocycles. The number of benzene rings is 1. The Bertz CT molecular complexity index is 751. The maximum atomic E-state index is 12.4. The molecular weight excluding hydrogens is 394 g/mol. The van der Waals surface area contributed by atoms with E-state index >= 15 is 0 Å². The lowest BCUT2D eigenvalue weighted by Crippen LogP contribution is -2.42. The zero-order valence-electron chi connectivity index (χ0n) is 14.1. The Kier molecular flexibility index (Phi) is 6.56. The van der Waals surface area contributed by atoms with Crippen LogP contribution in [0.25, 0.3) is 0 Å². The van der Waals surface area contributed by atoms with Gasteiger partial charge in [-0.3, -0.25) is 4.79 Å². The van der Waals surface area contributed by atoms with Gasteiger partial charge in [-0.15, -0.1) is 23.5 Å². The van der Waals surface area contributed by atoms with Crippen LogP contribution < -0.4 is 0 Å². The van der Waals surface area contributed by atoms with Crippen molar-refractivity contribution in [3.8, 4) is 0 Å². The van der Waals surface area contributed by atoms with Gasteiger partial charge in [-0.25, -0.2) is 4.79 Å². The molecule has 0 aliphatic carbocycles. The van der Waals surface area contributed by atoms with Crippen molar-refractivity contribution in [1.29, 1.82) is 0 Å². The number of amides is 1. The van der Waals surface area contributed by atoms with Crippen molar-refractivity contribution in [2.75, 3.05) is 18.1 Å². The molecule has 8 heteroatoms. The zero-order valence-corrected chi connectivity index (χ0v) is 16.5. The van der Waals surface area contributed by atoms with Crippen molar-refractivity contribution in [3.05, 3.63) is 53.4 Å². The number of carbonyl (C=O) groups excluding carboxylic acids is 2. The summed E-state index contributed by atoms with van der Waals surface area (Å²) in [5.41, 5.74) is 0. The molecule has 0 radical (unpaired) electrons. The number of rotatable bonds is 6. The minimum Gasteiger partial charge on any atom is -0.466 e. The summed E-state index contributed by atoms with van der Waals surface area (Å²) < 4.78 is 10.8. The molecule has 1 fully saturated rings. The molecule has 1 saturated heterocycles. The monoisotopic (exact) mass is 411 g/mol. The third kappa shape index (κ3) is 4.58. The molecule has 0 spiro atoms. The quantitative estimate of drug-likeness (QED) is 0.402. The highest BCUT2D eigenvalue weighted by Gasteiger charge is 2.43. The molecule has 3 rings (SSSR count). The Morgan fingerprint density at radius 3 is 2.77 bits per heavy atom. The fraction of sp³-hybridized carbons (Fsp3) is 0.333. The summed E-state index contributed by atoms with van der Waals surface area (Å²) in [5, 5.41) is 0.401. The fourth-order valence-corrected chi connectivity index (χ4v) is 4.92. The second-order valence-electron chi connectivity index (χ2n) is 5.61. The number of carbonyl (C=O) groups is 2. The average Bonchev–Trinajstić information content (AvgIpc) is 3.29. The Morgan fingerprint density at radius 1 is 1.35 bits per heavy atom. The predicted octanol–water partition coefficient (Wildman–Crippen LogP) is 4.23. The summed E-state index contributed by atoms with van der Waals surface area (Å²) in [5.74, 6) is 1.24. The van der Waals surface area contributed by atoms with Gasteiger partial charge in [-0.05, 0) is 36.4 Å². The van der Waals surface area contributed by atoms with Gasteiger partial charge >= 0.3 is 5.97 Å². The van der Waals surface area contributed by atoms with Gasteiger partial charge in [0.25, 0.3) is 0 Å². The van der Waals surface area contributed by atoms with Crippen LogP contribution in [0.1, 0.15) is 18.1 Å². The Hall–Kier alpha value is -1.57. The summed E-state index contributed by atoms with van der Waals surface area (Å²) in [6.45, 7) is 1.74. The molecule has 0 bridgehead atoms. The minimum atomic E-state index is -0.590. The maximum Gasteiger partial charge on any atom is 0.329 e. The van der Waals surface area contributed by atoms with E-state index in [1.54, 1.807) is 24.1 Å². The van der Waals surface area contributed by atoms with Gasteiger partial charge in [0.15, 0.2) is 0 Å². The SMILES string of the molecule is CC(=O)N1[C@@H](C(=O)OCCSc2ccc(Cl)cc2)CS[C@@H]1c1ccco1. The third-order valence-corrected chi connectivity index (χ3v) is 6.34. The number of halogens is 1. The van der Waals surface area contributed by atoms with Gasteiger partial charge in [-0.2, -0.15) is 0 Å². The van der Waals surface area contributed by atoms with Crippen LogP contribution in [0.2, 0.25) is 5.02 Å². The molecule has 2 atom stereocenters. The molecule has 0 saturated carbocycles. The lowest BCUT2D eigenvalue weighted by atomic mass is 10.2. The molecule has 2 aromatic rings. The van der Waals surface area contributed by atoms with E-state index in [-0.39, 0.29) is 23.9 Å². The molecule has 5 nitrogen and oxygen atoms in total. The van der Waals surface area contributed by atoms with Crippen LogP contribution in [0.3, 0.4) is 0 Å². The zero-order chi connectivity index (χ0) is 18.5. The van der Waals surface area contributed by atoms with Crippen LogP contribution in [0.15, 0.2) is 52.0 Å². The maximum absolute atomic E-state index is 12.4. The van der Waals surface area contributed by atoms with E-state index in [2.05, 4.69) is 0 Å². The van der Waals surface area contributed by atoms with E-state index in [4.69, 9.17) is 20.8 Å². The van der Waals surface area contributed by atoms with E-state index in [9.17, 15) is 9.59 Å². The van der Waals surface area contributed by atoms with Gasteiger partial charge in [-0.1, -0.05) is 11.6 Å². The van der Waals surface area contributed by atoms with Crippen molar-refractivity contribution in [2.45, 2.75) is 23.2 Å². The first-order valence-corrected chi connectivity index (χ1v) is 10.5. The number of ether oxygens (including phenoxy) is 1. The predicted molar refractivity (Wildman–Crippen MR) is 103 cm³/mol. The molecule has 0 unspecified atom stereocenters. The van der Waals surface area contributed by atoms with Crippen LogP contribution in [-0.4, -0.2) is 40.9 Å². The van der Waals surface area contributed by atoms with Gasteiger partial charge in [0.1, 0.15) is 23.8 Å². The first-order valence-electron chi connectivity index (χ1n) is 8.05. The van der Waals surface area contributed by atoms with Crippen LogP contribution in [-0.2, 0) is 14.3 Å². The van der Waals surface area contributed by atoms with Crippen molar-refractivity contribution >= 4 is 47.0 Å².